The molecule has 2 nitrogen and oxygen atoms in total. The Hall–Kier alpha value is -0.860. The molecule has 0 amide bonds. The Morgan fingerprint density at radius 2 is 2.05 bits per heavy atom. The van der Waals surface area contributed by atoms with Gasteiger partial charge in [0.15, 0.2) is 0 Å². The van der Waals surface area contributed by atoms with Gasteiger partial charge in [-0.05, 0) is 45.6 Å². The zero-order valence-corrected chi connectivity index (χ0v) is 12.7. The maximum atomic E-state index is 5.91. The third kappa shape index (κ3) is 3.80. The van der Waals surface area contributed by atoms with E-state index in [0.29, 0.717) is 12.1 Å². The van der Waals surface area contributed by atoms with Gasteiger partial charge in [0, 0.05) is 18.7 Å². The van der Waals surface area contributed by atoms with Crippen LogP contribution in [-0.2, 0) is 4.74 Å². The first-order valence-electron chi connectivity index (χ1n) is 7.49. The lowest BCUT2D eigenvalue weighted by Crippen LogP contribution is -2.45. The number of nitrogens with one attached hydrogen (secondary N) is 1. The van der Waals surface area contributed by atoms with Crippen molar-refractivity contribution < 1.29 is 4.74 Å². The second-order valence-electron chi connectivity index (χ2n) is 6.14. The number of hydrogen-bond acceptors (Lipinski definition) is 2. The van der Waals surface area contributed by atoms with Crippen molar-refractivity contribution in [3.05, 3.63) is 35.4 Å². The summed E-state index contributed by atoms with van der Waals surface area (Å²) in [7, 11) is 0. The van der Waals surface area contributed by atoms with Crippen molar-refractivity contribution in [3.8, 4) is 0 Å². The second kappa shape index (κ2) is 6.06. The molecule has 2 rings (SSSR count). The predicted octanol–water partition coefficient (Wildman–Crippen LogP) is 3.99. The minimum absolute atomic E-state index is 0.0584. The van der Waals surface area contributed by atoms with Crippen LogP contribution in [0, 0.1) is 6.92 Å². The lowest BCUT2D eigenvalue weighted by atomic mass is 9.89. The number of rotatable bonds is 4. The Kier molecular flexibility index (Phi) is 4.64. The highest BCUT2D eigenvalue weighted by Crippen LogP contribution is 2.29. The molecule has 2 heteroatoms. The summed E-state index contributed by atoms with van der Waals surface area (Å²) in [6.07, 6.45) is 3.32. The lowest BCUT2D eigenvalue weighted by molar-refractivity contribution is -0.0789. The van der Waals surface area contributed by atoms with E-state index in [9.17, 15) is 0 Å². The highest BCUT2D eigenvalue weighted by Gasteiger charge is 2.32. The van der Waals surface area contributed by atoms with Crippen molar-refractivity contribution in [2.24, 2.45) is 0 Å². The second-order valence-corrected chi connectivity index (χ2v) is 6.14. The van der Waals surface area contributed by atoms with Gasteiger partial charge in [-0.25, -0.2) is 0 Å². The van der Waals surface area contributed by atoms with Crippen LogP contribution < -0.4 is 5.32 Å². The average Bonchev–Trinajstić information content (AvgIpc) is 2.39. The van der Waals surface area contributed by atoms with E-state index in [2.05, 4.69) is 57.3 Å². The van der Waals surface area contributed by atoms with Gasteiger partial charge >= 0.3 is 0 Å². The maximum absolute atomic E-state index is 5.91. The molecular formula is C17H27NO. The molecule has 0 aromatic heterocycles. The summed E-state index contributed by atoms with van der Waals surface area (Å²) in [5, 5.41) is 3.76. The molecule has 3 atom stereocenters. The zero-order chi connectivity index (χ0) is 13.9. The van der Waals surface area contributed by atoms with Crippen molar-refractivity contribution in [2.75, 3.05) is 6.61 Å². The van der Waals surface area contributed by atoms with E-state index in [0.717, 1.165) is 25.9 Å². The first kappa shape index (κ1) is 14.5. The summed E-state index contributed by atoms with van der Waals surface area (Å²) in [6, 6.07) is 9.80. The smallest absolute Gasteiger partial charge is 0.0666 e. The number of benzene rings is 1. The summed E-state index contributed by atoms with van der Waals surface area (Å²) in [5.74, 6) is 0. The van der Waals surface area contributed by atoms with Gasteiger partial charge in [-0.15, -0.1) is 0 Å². The molecule has 0 spiro atoms. The van der Waals surface area contributed by atoms with Crippen molar-refractivity contribution in [3.63, 3.8) is 0 Å². The highest BCUT2D eigenvalue weighted by atomic mass is 16.5. The van der Waals surface area contributed by atoms with E-state index in [1.54, 1.807) is 0 Å². The fraction of sp³-hybridized carbons (Fsp3) is 0.647. The van der Waals surface area contributed by atoms with E-state index in [4.69, 9.17) is 4.74 Å². The van der Waals surface area contributed by atoms with Crippen LogP contribution in [0.1, 0.15) is 57.2 Å². The topological polar surface area (TPSA) is 21.3 Å². The molecule has 0 aliphatic carbocycles. The SMILES string of the molecule is CCC1(C)CC(N[C@@H](C)c2ccc(C)cc2)CCO1. The molecule has 0 radical (unpaired) electrons. The molecule has 106 valence electrons. The fourth-order valence-electron chi connectivity index (χ4n) is 2.82. The number of hydrogen-bond donors (Lipinski definition) is 1. The van der Waals surface area contributed by atoms with E-state index in [1.807, 2.05) is 0 Å². The Labute approximate surface area is 117 Å². The molecule has 1 aromatic rings. The van der Waals surface area contributed by atoms with Crippen molar-refractivity contribution >= 4 is 0 Å². The Balaban J connectivity index is 1.95. The molecule has 2 unspecified atom stereocenters. The Morgan fingerprint density at radius 1 is 1.37 bits per heavy atom. The summed E-state index contributed by atoms with van der Waals surface area (Å²) in [5.41, 5.74) is 2.75. The van der Waals surface area contributed by atoms with Crippen molar-refractivity contribution in [2.45, 2.75) is 64.6 Å². The first-order valence-corrected chi connectivity index (χ1v) is 7.49. The minimum atomic E-state index is 0.0584. The van der Waals surface area contributed by atoms with Gasteiger partial charge < -0.3 is 10.1 Å². The van der Waals surface area contributed by atoms with Gasteiger partial charge in [0.1, 0.15) is 0 Å². The van der Waals surface area contributed by atoms with E-state index in [-0.39, 0.29) is 5.60 Å². The van der Waals surface area contributed by atoms with Gasteiger partial charge in [0.2, 0.25) is 0 Å². The van der Waals surface area contributed by atoms with Crippen LogP contribution in [0.3, 0.4) is 0 Å². The van der Waals surface area contributed by atoms with Crippen LogP contribution in [-0.4, -0.2) is 18.2 Å². The van der Waals surface area contributed by atoms with E-state index in [1.165, 1.54) is 11.1 Å². The summed E-state index contributed by atoms with van der Waals surface area (Å²) in [6.45, 7) is 9.71. The molecule has 1 N–H and O–H groups in total. The fourth-order valence-corrected chi connectivity index (χ4v) is 2.82. The predicted molar refractivity (Wildman–Crippen MR) is 80.4 cm³/mol. The molecule has 1 aliphatic heterocycles. The molecule has 1 aliphatic rings. The largest absolute Gasteiger partial charge is 0.375 e. The Bertz CT molecular complexity index is 400. The molecule has 1 fully saturated rings. The van der Waals surface area contributed by atoms with E-state index < -0.39 is 0 Å². The maximum Gasteiger partial charge on any atom is 0.0666 e. The van der Waals surface area contributed by atoms with Crippen LogP contribution in [0.5, 0.6) is 0 Å². The normalized spacial score (nSPS) is 29.2. The first-order chi connectivity index (χ1) is 9.02. The highest BCUT2D eigenvalue weighted by molar-refractivity contribution is 5.23. The summed E-state index contributed by atoms with van der Waals surface area (Å²) < 4.78 is 5.91. The number of ether oxygens (including phenoxy) is 1. The molecule has 1 saturated heterocycles. The molecule has 1 heterocycles. The Morgan fingerprint density at radius 3 is 2.68 bits per heavy atom. The van der Waals surface area contributed by atoms with Gasteiger partial charge in [-0.3, -0.25) is 0 Å². The summed E-state index contributed by atoms with van der Waals surface area (Å²) in [4.78, 5) is 0. The van der Waals surface area contributed by atoms with Gasteiger partial charge in [-0.2, -0.15) is 0 Å². The molecule has 0 saturated carbocycles. The monoisotopic (exact) mass is 261 g/mol. The lowest BCUT2D eigenvalue weighted by Gasteiger charge is -2.39. The zero-order valence-electron chi connectivity index (χ0n) is 12.7. The minimum Gasteiger partial charge on any atom is -0.375 e. The quantitative estimate of drug-likeness (QED) is 0.884. The van der Waals surface area contributed by atoms with Crippen molar-refractivity contribution in [1.82, 2.24) is 5.32 Å². The molecule has 0 bridgehead atoms. The van der Waals surface area contributed by atoms with Crippen LogP contribution >= 0.6 is 0 Å². The van der Waals surface area contributed by atoms with E-state index >= 15 is 0 Å². The summed E-state index contributed by atoms with van der Waals surface area (Å²) >= 11 is 0. The molecular weight excluding hydrogens is 234 g/mol. The third-order valence-electron chi connectivity index (χ3n) is 4.41. The molecule has 19 heavy (non-hydrogen) atoms. The van der Waals surface area contributed by atoms with Crippen LogP contribution in [0.15, 0.2) is 24.3 Å². The van der Waals surface area contributed by atoms with Crippen LogP contribution in [0.25, 0.3) is 0 Å². The van der Waals surface area contributed by atoms with Gasteiger partial charge in [0.05, 0.1) is 5.60 Å². The van der Waals surface area contributed by atoms with Crippen molar-refractivity contribution in [1.29, 1.82) is 0 Å². The average molecular weight is 261 g/mol. The standard InChI is InChI=1S/C17H27NO/c1-5-17(4)12-16(10-11-19-17)18-14(3)15-8-6-13(2)7-9-15/h6-9,14,16,18H,5,10-12H2,1-4H3/t14-,16?,17?/m0/s1. The number of aryl methyl sites for hydroxylation is 1. The van der Waals surface area contributed by atoms with Gasteiger partial charge in [0.25, 0.3) is 0 Å². The van der Waals surface area contributed by atoms with Crippen LogP contribution in [0.4, 0.5) is 0 Å². The molecule has 1 aromatic carbocycles. The van der Waals surface area contributed by atoms with Gasteiger partial charge in [-0.1, -0.05) is 36.8 Å². The van der Waals surface area contributed by atoms with Crippen LogP contribution in [0.2, 0.25) is 0 Å². The third-order valence-corrected chi connectivity index (χ3v) is 4.41.